The van der Waals surface area contributed by atoms with E-state index < -0.39 is 0 Å². The predicted molar refractivity (Wildman–Crippen MR) is 73.2 cm³/mol. The van der Waals surface area contributed by atoms with Gasteiger partial charge in [-0.3, -0.25) is 0 Å². The van der Waals surface area contributed by atoms with Crippen LogP contribution in [0.1, 0.15) is 12.6 Å². The van der Waals surface area contributed by atoms with Crippen molar-refractivity contribution in [2.75, 3.05) is 26.1 Å². The molecule has 0 amide bonds. The van der Waals surface area contributed by atoms with Gasteiger partial charge in [-0.1, -0.05) is 12.1 Å². The van der Waals surface area contributed by atoms with E-state index in [0.717, 1.165) is 28.0 Å². The number of pyridine rings is 1. The van der Waals surface area contributed by atoms with Crippen LogP contribution < -0.4 is 10.1 Å². The first kappa shape index (κ1) is 12.6. The highest BCUT2D eigenvalue weighted by Crippen LogP contribution is 2.30. The predicted octanol–water partition coefficient (Wildman–Crippen LogP) is 2.82. The zero-order valence-electron chi connectivity index (χ0n) is 11.0. The smallest absolute Gasteiger partial charge is 0.145 e. The van der Waals surface area contributed by atoms with Crippen molar-refractivity contribution in [3.63, 3.8) is 0 Å². The van der Waals surface area contributed by atoms with E-state index in [1.54, 1.807) is 7.11 Å². The van der Waals surface area contributed by atoms with Crippen molar-refractivity contribution in [3.8, 4) is 5.75 Å². The Morgan fingerprint density at radius 3 is 2.83 bits per heavy atom. The monoisotopic (exact) mass is 246 g/mol. The van der Waals surface area contributed by atoms with Crippen LogP contribution in [0.2, 0.25) is 0 Å². The summed E-state index contributed by atoms with van der Waals surface area (Å²) >= 11 is 0. The molecule has 1 N–H and O–H groups in total. The molecule has 2 rings (SSSR count). The van der Waals surface area contributed by atoms with Gasteiger partial charge in [0, 0.05) is 25.2 Å². The highest BCUT2D eigenvalue weighted by atomic mass is 16.5. The molecule has 1 aromatic carbocycles. The fraction of sp³-hybridized carbons (Fsp3) is 0.357. The molecule has 4 nitrogen and oxygen atoms in total. The average molecular weight is 246 g/mol. The summed E-state index contributed by atoms with van der Waals surface area (Å²) in [6, 6.07) is 7.95. The summed E-state index contributed by atoms with van der Waals surface area (Å²) in [6.45, 7) is 3.09. The lowest BCUT2D eigenvalue weighted by Crippen LogP contribution is -2.00. The molecule has 0 atom stereocenters. The number of anilines is 1. The van der Waals surface area contributed by atoms with Gasteiger partial charge in [0.2, 0.25) is 0 Å². The van der Waals surface area contributed by atoms with Gasteiger partial charge in [0.1, 0.15) is 11.3 Å². The maximum atomic E-state index is 5.62. The molecule has 0 spiro atoms. The third-order valence-corrected chi connectivity index (χ3v) is 2.72. The minimum absolute atomic E-state index is 0.491. The highest BCUT2D eigenvalue weighted by Gasteiger charge is 2.09. The highest BCUT2D eigenvalue weighted by molar-refractivity contribution is 5.95. The van der Waals surface area contributed by atoms with Crippen LogP contribution in [0, 0.1) is 0 Å². The summed E-state index contributed by atoms with van der Waals surface area (Å²) in [5, 5.41) is 4.25. The molecule has 1 aromatic heterocycles. The van der Waals surface area contributed by atoms with Crippen LogP contribution in [0.25, 0.3) is 10.9 Å². The second kappa shape index (κ2) is 5.69. The summed E-state index contributed by atoms with van der Waals surface area (Å²) in [5.41, 5.74) is 2.80. The lowest BCUT2D eigenvalue weighted by Gasteiger charge is -2.12. The number of benzene rings is 1. The van der Waals surface area contributed by atoms with E-state index in [9.17, 15) is 0 Å². The van der Waals surface area contributed by atoms with Crippen molar-refractivity contribution < 1.29 is 9.47 Å². The van der Waals surface area contributed by atoms with Crippen LogP contribution in [0.5, 0.6) is 5.75 Å². The molecule has 1 heterocycles. The summed E-state index contributed by atoms with van der Waals surface area (Å²) < 4.78 is 10.8. The number of methoxy groups -OCH3 is 1. The first-order valence-electron chi connectivity index (χ1n) is 6.02. The van der Waals surface area contributed by atoms with Crippen molar-refractivity contribution in [3.05, 3.63) is 30.0 Å². The minimum atomic E-state index is 0.491. The number of hydrogen-bond acceptors (Lipinski definition) is 4. The standard InChI is InChI=1S/C14H18N2O2/c1-4-18-13-7-5-6-11-12(15-2)8-10(9-17-3)16-14(11)13/h5-8H,4,9H2,1-3H3,(H,15,16). The van der Waals surface area contributed by atoms with Crippen LogP contribution in [0.3, 0.4) is 0 Å². The largest absolute Gasteiger partial charge is 0.492 e. The number of rotatable bonds is 5. The number of aromatic nitrogens is 1. The molecule has 0 aliphatic carbocycles. The van der Waals surface area contributed by atoms with Gasteiger partial charge in [-0.05, 0) is 19.1 Å². The Bertz CT molecular complexity index is 541. The zero-order chi connectivity index (χ0) is 13.0. The number of ether oxygens (including phenoxy) is 2. The van der Waals surface area contributed by atoms with E-state index in [0.29, 0.717) is 13.2 Å². The lowest BCUT2D eigenvalue weighted by atomic mass is 10.1. The quantitative estimate of drug-likeness (QED) is 0.881. The molecule has 0 unspecified atom stereocenters. The molecule has 0 bridgehead atoms. The minimum Gasteiger partial charge on any atom is -0.492 e. The number of para-hydroxylation sites is 1. The first-order chi connectivity index (χ1) is 8.80. The van der Waals surface area contributed by atoms with E-state index in [4.69, 9.17) is 9.47 Å². The molecule has 0 saturated carbocycles. The maximum Gasteiger partial charge on any atom is 0.145 e. The van der Waals surface area contributed by atoms with E-state index in [-0.39, 0.29) is 0 Å². The van der Waals surface area contributed by atoms with Crippen molar-refractivity contribution in [2.24, 2.45) is 0 Å². The van der Waals surface area contributed by atoms with Crippen molar-refractivity contribution >= 4 is 16.6 Å². The van der Waals surface area contributed by atoms with Gasteiger partial charge in [-0.25, -0.2) is 4.98 Å². The third kappa shape index (κ3) is 2.38. The van der Waals surface area contributed by atoms with Gasteiger partial charge >= 0.3 is 0 Å². The van der Waals surface area contributed by atoms with Gasteiger partial charge in [0.15, 0.2) is 0 Å². The molecule has 18 heavy (non-hydrogen) atoms. The van der Waals surface area contributed by atoms with Crippen LogP contribution in [-0.2, 0) is 11.3 Å². The van der Waals surface area contributed by atoms with Crippen LogP contribution in [0.4, 0.5) is 5.69 Å². The Hall–Kier alpha value is -1.81. The summed E-state index contributed by atoms with van der Waals surface area (Å²) in [6.07, 6.45) is 0. The second-order valence-corrected chi connectivity index (χ2v) is 3.93. The Morgan fingerprint density at radius 1 is 1.33 bits per heavy atom. The topological polar surface area (TPSA) is 43.4 Å². The van der Waals surface area contributed by atoms with Crippen LogP contribution in [-0.4, -0.2) is 25.7 Å². The average Bonchev–Trinajstić information content (AvgIpc) is 2.39. The molecular formula is C14H18N2O2. The SMILES string of the molecule is CCOc1cccc2c(NC)cc(COC)nc12. The molecule has 0 radical (unpaired) electrons. The van der Waals surface area contributed by atoms with Crippen molar-refractivity contribution in [1.29, 1.82) is 0 Å². The van der Waals surface area contributed by atoms with E-state index >= 15 is 0 Å². The summed E-state index contributed by atoms with van der Waals surface area (Å²) in [7, 11) is 3.57. The molecule has 0 aliphatic rings. The second-order valence-electron chi connectivity index (χ2n) is 3.93. The van der Waals surface area contributed by atoms with E-state index in [1.165, 1.54) is 0 Å². The van der Waals surface area contributed by atoms with E-state index in [2.05, 4.69) is 10.3 Å². The summed E-state index contributed by atoms with van der Waals surface area (Å²) in [4.78, 5) is 4.60. The van der Waals surface area contributed by atoms with Gasteiger partial charge in [-0.15, -0.1) is 0 Å². The fourth-order valence-corrected chi connectivity index (χ4v) is 1.98. The number of fused-ring (bicyclic) bond motifs is 1. The van der Waals surface area contributed by atoms with Gasteiger partial charge < -0.3 is 14.8 Å². The third-order valence-electron chi connectivity index (χ3n) is 2.72. The van der Waals surface area contributed by atoms with Gasteiger partial charge in [0.25, 0.3) is 0 Å². The molecular weight excluding hydrogens is 228 g/mol. The lowest BCUT2D eigenvalue weighted by molar-refractivity contribution is 0.182. The van der Waals surface area contributed by atoms with Crippen molar-refractivity contribution in [1.82, 2.24) is 4.98 Å². The molecule has 2 aromatic rings. The Kier molecular flexibility index (Phi) is 3.99. The molecule has 0 aliphatic heterocycles. The van der Waals surface area contributed by atoms with Gasteiger partial charge in [-0.2, -0.15) is 0 Å². The Morgan fingerprint density at radius 2 is 2.17 bits per heavy atom. The summed E-state index contributed by atoms with van der Waals surface area (Å²) in [5.74, 6) is 0.810. The van der Waals surface area contributed by atoms with Crippen LogP contribution in [0.15, 0.2) is 24.3 Å². The number of nitrogens with one attached hydrogen (secondary N) is 1. The van der Waals surface area contributed by atoms with Crippen LogP contribution >= 0.6 is 0 Å². The maximum absolute atomic E-state index is 5.62. The fourth-order valence-electron chi connectivity index (χ4n) is 1.98. The van der Waals surface area contributed by atoms with Crippen molar-refractivity contribution in [2.45, 2.75) is 13.5 Å². The normalized spacial score (nSPS) is 10.6. The molecule has 96 valence electrons. The van der Waals surface area contributed by atoms with E-state index in [1.807, 2.05) is 38.2 Å². The number of hydrogen-bond donors (Lipinski definition) is 1. The Balaban J connectivity index is 2.63. The molecule has 0 saturated heterocycles. The molecule has 4 heteroatoms. The first-order valence-corrected chi connectivity index (χ1v) is 6.02. The van der Waals surface area contributed by atoms with Gasteiger partial charge in [0.05, 0.1) is 18.9 Å². The number of nitrogens with zero attached hydrogens (tertiary/aromatic N) is 1. The zero-order valence-corrected chi connectivity index (χ0v) is 11.0. The molecule has 0 fully saturated rings. The Labute approximate surface area is 107 Å².